The van der Waals surface area contributed by atoms with Gasteiger partial charge in [0, 0.05) is 6.54 Å². The Morgan fingerprint density at radius 2 is 2.07 bits per heavy atom. The quantitative estimate of drug-likeness (QED) is 0.754. The fourth-order valence-electron chi connectivity index (χ4n) is 2.16. The molecule has 1 aliphatic heterocycles. The van der Waals surface area contributed by atoms with Crippen LogP contribution in [0.1, 0.15) is 36.8 Å². The van der Waals surface area contributed by atoms with Gasteiger partial charge in [-0.25, -0.2) is 0 Å². The second-order valence-corrected chi connectivity index (χ2v) is 4.14. The number of aryl methyl sites for hydroxylation is 1. The van der Waals surface area contributed by atoms with Crippen LogP contribution in [-0.2, 0) is 6.42 Å². The highest BCUT2D eigenvalue weighted by Gasteiger charge is 2.14. The molecule has 1 fully saturated rings. The van der Waals surface area contributed by atoms with Crippen LogP contribution in [0.25, 0.3) is 0 Å². The lowest BCUT2D eigenvalue weighted by Crippen LogP contribution is -2.28. The van der Waals surface area contributed by atoms with E-state index in [2.05, 4.69) is 36.5 Å². The van der Waals surface area contributed by atoms with E-state index in [0.29, 0.717) is 0 Å². The Labute approximate surface area is 86.5 Å². The van der Waals surface area contributed by atoms with E-state index in [4.69, 9.17) is 0 Å². The van der Waals surface area contributed by atoms with Crippen molar-refractivity contribution in [3.63, 3.8) is 0 Å². The van der Waals surface area contributed by atoms with E-state index >= 15 is 0 Å². The van der Waals surface area contributed by atoms with Gasteiger partial charge in [0.15, 0.2) is 0 Å². The van der Waals surface area contributed by atoms with E-state index in [1.165, 1.54) is 30.5 Å². The van der Waals surface area contributed by atoms with Crippen LogP contribution in [0.2, 0.25) is 0 Å². The third kappa shape index (κ3) is 2.16. The summed E-state index contributed by atoms with van der Waals surface area (Å²) in [5, 5.41) is 3.46. The summed E-state index contributed by atoms with van der Waals surface area (Å²) in [6.07, 6.45) is 3.81. The van der Waals surface area contributed by atoms with Gasteiger partial charge in [0.05, 0.1) is 0 Å². The standard InChI is InChI=1S/C13H19N/c1-2-11-5-7-12(8-6-11)13-4-3-9-14-10-13/h5-8,13-14H,2-4,9-10H2,1H3/t13-/m1/s1. The van der Waals surface area contributed by atoms with Gasteiger partial charge < -0.3 is 5.32 Å². The molecule has 0 aromatic heterocycles. The fraction of sp³-hybridized carbons (Fsp3) is 0.538. The predicted molar refractivity (Wildman–Crippen MR) is 60.7 cm³/mol. The van der Waals surface area contributed by atoms with Crippen molar-refractivity contribution in [2.75, 3.05) is 13.1 Å². The fourth-order valence-corrected chi connectivity index (χ4v) is 2.16. The highest BCUT2D eigenvalue weighted by molar-refractivity contribution is 5.25. The first-order valence-electron chi connectivity index (χ1n) is 5.69. The molecule has 1 heterocycles. The summed E-state index contributed by atoms with van der Waals surface area (Å²) in [7, 11) is 0. The number of rotatable bonds is 2. The molecule has 1 aliphatic rings. The first-order chi connectivity index (χ1) is 6.90. The van der Waals surface area contributed by atoms with Crippen molar-refractivity contribution in [1.82, 2.24) is 5.32 Å². The summed E-state index contributed by atoms with van der Waals surface area (Å²) in [4.78, 5) is 0. The summed E-state index contributed by atoms with van der Waals surface area (Å²) >= 11 is 0. The van der Waals surface area contributed by atoms with Crippen molar-refractivity contribution >= 4 is 0 Å². The maximum absolute atomic E-state index is 3.46. The molecule has 0 saturated carbocycles. The van der Waals surface area contributed by atoms with Crippen LogP contribution in [0.3, 0.4) is 0 Å². The summed E-state index contributed by atoms with van der Waals surface area (Å²) < 4.78 is 0. The maximum Gasteiger partial charge on any atom is 0.00201 e. The number of hydrogen-bond acceptors (Lipinski definition) is 1. The summed E-state index contributed by atoms with van der Waals surface area (Å²) in [6, 6.07) is 9.14. The zero-order valence-corrected chi connectivity index (χ0v) is 8.92. The minimum Gasteiger partial charge on any atom is -0.316 e. The minimum atomic E-state index is 0.745. The van der Waals surface area contributed by atoms with Crippen molar-refractivity contribution in [3.8, 4) is 0 Å². The molecule has 14 heavy (non-hydrogen) atoms. The van der Waals surface area contributed by atoms with Crippen LogP contribution >= 0.6 is 0 Å². The lowest BCUT2D eigenvalue weighted by Gasteiger charge is -2.23. The number of piperidine rings is 1. The third-order valence-electron chi connectivity index (χ3n) is 3.16. The predicted octanol–water partition coefficient (Wildman–Crippen LogP) is 2.72. The lowest BCUT2D eigenvalue weighted by molar-refractivity contribution is 0.461. The molecule has 0 aliphatic carbocycles. The van der Waals surface area contributed by atoms with Crippen LogP contribution in [0.5, 0.6) is 0 Å². The Kier molecular flexibility index (Phi) is 3.20. The molecule has 1 aromatic carbocycles. The molecule has 0 bridgehead atoms. The minimum absolute atomic E-state index is 0.745. The van der Waals surface area contributed by atoms with E-state index in [1.54, 1.807) is 0 Å². The number of nitrogens with one attached hydrogen (secondary N) is 1. The molecular formula is C13H19N. The van der Waals surface area contributed by atoms with Gasteiger partial charge in [0.1, 0.15) is 0 Å². The van der Waals surface area contributed by atoms with Crippen LogP contribution in [-0.4, -0.2) is 13.1 Å². The molecule has 2 rings (SSSR count). The highest BCUT2D eigenvalue weighted by atomic mass is 14.9. The van der Waals surface area contributed by atoms with Crippen molar-refractivity contribution in [2.24, 2.45) is 0 Å². The van der Waals surface area contributed by atoms with E-state index in [9.17, 15) is 0 Å². The van der Waals surface area contributed by atoms with Gasteiger partial charge in [0.2, 0.25) is 0 Å². The van der Waals surface area contributed by atoms with Crippen LogP contribution in [0.4, 0.5) is 0 Å². The van der Waals surface area contributed by atoms with Gasteiger partial charge in [-0.3, -0.25) is 0 Å². The third-order valence-corrected chi connectivity index (χ3v) is 3.16. The first kappa shape index (κ1) is 9.72. The Morgan fingerprint density at radius 3 is 2.64 bits per heavy atom. The van der Waals surface area contributed by atoms with Crippen molar-refractivity contribution in [2.45, 2.75) is 32.1 Å². The zero-order valence-electron chi connectivity index (χ0n) is 8.92. The smallest absolute Gasteiger partial charge is 0.00201 e. The molecule has 76 valence electrons. The van der Waals surface area contributed by atoms with Crippen molar-refractivity contribution < 1.29 is 0 Å². The summed E-state index contributed by atoms with van der Waals surface area (Å²) in [5.74, 6) is 0.745. The Balaban J connectivity index is 2.07. The van der Waals surface area contributed by atoms with Gasteiger partial charge in [-0.15, -0.1) is 0 Å². The van der Waals surface area contributed by atoms with Gasteiger partial charge in [-0.2, -0.15) is 0 Å². The van der Waals surface area contributed by atoms with Crippen molar-refractivity contribution in [1.29, 1.82) is 0 Å². The van der Waals surface area contributed by atoms with E-state index < -0.39 is 0 Å². The van der Waals surface area contributed by atoms with E-state index in [1.807, 2.05) is 0 Å². The molecule has 1 atom stereocenters. The number of benzene rings is 1. The SMILES string of the molecule is CCc1ccc([C@@H]2CCCNC2)cc1. The Hall–Kier alpha value is -0.820. The molecule has 0 radical (unpaired) electrons. The van der Waals surface area contributed by atoms with Crippen molar-refractivity contribution in [3.05, 3.63) is 35.4 Å². The topological polar surface area (TPSA) is 12.0 Å². The second kappa shape index (κ2) is 4.61. The van der Waals surface area contributed by atoms with Gasteiger partial charge in [-0.1, -0.05) is 31.2 Å². The molecule has 1 saturated heterocycles. The second-order valence-electron chi connectivity index (χ2n) is 4.14. The van der Waals surface area contributed by atoms with Gasteiger partial charge >= 0.3 is 0 Å². The molecule has 1 N–H and O–H groups in total. The molecule has 1 aromatic rings. The van der Waals surface area contributed by atoms with Crippen LogP contribution in [0, 0.1) is 0 Å². The van der Waals surface area contributed by atoms with Gasteiger partial charge in [0.25, 0.3) is 0 Å². The summed E-state index contributed by atoms with van der Waals surface area (Å²) in [6.45, 7) is 4.56. The first-order valence-corrected chi connectivity index (χ1v) is 5.69. The Bertz CT molecular complexity index is 270. The monoisotopic (exact) mass is 189 g/mol. The zero-order chi connectivity index (χ0) is 9.80. The Morgan fingerprint density at radius 1 is 1.29 bits per heavy atom. The largest absolute Gasteiger partial charge is 0.316 e. The van der Waals surface area contributed by atoms with Crippen LogP contribution in [0.15, 0.2) is 24.3 Å². The van der Waals surface area contributed by atoms with Crippen LogP contribution < -0.4 is 5.32 Å². The van der Waals surface area contributed by atoms with Gasteiger partial charge in [-0.05, 0) is 42.9 Å². The van der Waals surface area contributed by atoms with E-state index in [0.717, 1.165) is 18.9 Å². The lowest BCUT2D eigenvalue weighted by atomic mass is 9.91. The normalized spacial score (nSPS) is 22.2. The molecular weight excluding hydrogens is 170 g/mol. The average molecular weight is 189 g/mol. The molecule has 0 spiro atoms. The highest BCUT2D eigenvalue weighted by Crippen LogP contribution is 2.23. The average Bonchev–Trinajstić information content (AvgIpc) is 2.30. The molecule has 0 amide bonds. The maximum atomic E-state index is 3.46. The molecule has 0 unspecified atom stereocenters. The van der Waals surface area contributed by atoms with E-state index in [-0.39, 0.29) is 0 Å². The summed E-state index contributed by atoms with van der Waals surface area (Å²) in [5.41, 5.74) is 2.95. The molecule has 1 nitrogen and oxygen atoms in total. The molecule has 1 heteroatoms. The number of hydrogen-bond donors (Lipinski definition) is 1.